The van der Waals surface area contributed by atoms with Gasteiger partial charge in [0.2, 0.25) is 0 Å². The second-order valence-corrected chi connectivity index (χ2v) is 2.81. The van der Waals surface area contributed by atoms with Crippen LogP contribution in [-0.2, 0) is 6.42 Å². The van der Waals surface area contributed by atoms with E-state index in [9.17, 15) is 4.39 Å². The lowest BCUT2D eigenvalue weighted by Gasteiger charge is -1.92. The number of nitrogens with zero attached hydrogens (tertiary/aromatic N) is 1. The number of halogens is 1. The average Bonchev–Trinajstić information content (AvgIpc) is 2.21. The lowest BCUT2D eigenvalue weighted by atomic mass is 10.1. The quantitative estimate of drug-likeness (QED) is 0.515. The van der Waals surface area contributed by atoms with Gasteiger partial charge in [0.15, 0.2) is 0 Å². The van der Waals surface area contributed by atoms with Crippen molar-refractivity contribution in [2.45, 2.75) is 19.3 Å². The Bertz CT molecular complexity index is 376. The molecule has 0 heterocycles. The second kappa shape index (κ2) is 5.78. The number of hydrogen-bond donors (Lipinski definition) is 0. The van der Waals surface area contributed by atoms with Crippen molar-refractivity contribution in [2.24, 2.45) is 0 Å². The highest BCUT2D eigenvalue weighted by molar-refractivity contribution is 5.21. The van der Waals surface area contributed by atoms with Crippen LogP contribution < -0.4 is 0 Å². The maximum Gasteiger partial charge on any atom is 0.123 e. The molecule has 1 aromatic carbocycles. The van der Waals surface area contributed by atoms with Gasteiger partial charge in [-0.2, -0.15) is 5.26 Å². The minimum absolute atomic E-state index is 0.230. The molecule has 0 radical (unpaired) electrons. The molecule has 14 heavy (non-hydrogen) atoms. The van der Waals surface area contributed by atoms with Crippen molar-refractivity contribution in [3.8, 4) is 17.9 Å². The van der Waals surface area contributed by atoms with Crippen LogP contribution >= 0.6 is 0 Å². The Balaban J connectivity index is 2.41. The lowest BCUT2D eigenvalue weighted by molar-refractivity contribution is 0.627. The van der Waals surface area contributed by atoms with Gasteiger partial charge in [0.25, 0.3) is 0 Å². The number of hydrogen-bond acceptors (Lipinski definition) is 1. The first-order valence-corrected chi connectivity index (χ1v) is 4.40. The van der Waals surface area contributed by atoms with E-state index in [1.54, 1.807) is 12.1 Å². The van der Waals surface area contributed by atoms with Gasteiger partial charge in [-0.05, 0) is 17.7 Å². The first kappa shape index (κ1) is 10.3. The predicted octanol–water partition coefficient (Wildman–Crippen LogP) is 2.68. The zero-order valence-corrected chi connectivity index (χ0v) is 7.76. The summed E-state index contributed by atoms with van der Waals surface area (Å²) in [7, 11) is 0. The molecule has 0 bridgehead atoms. The molecule has 0 amide bonds. The molecule has 0 aliphatic rings. The second-order valence-electron chi connectivity index (χ2n) is 2.81. The molecule has 0 saturated heterocycles. The fourth-order valence-corrected chi connectivity index (χ4v) is 0.974. The first-order valence-electron chi connectivity index (χ1n) is 4.40. The topological polar surface area (TPSA) is 23.8 Å². The zero-order chi connectivity index (χ0) is 10.2. The molecule has 1 aromatic rings. The normalized spacial score (nSPS) is 8.57. The van der Waals surface area contributed by atoms with Crippen LogP contribution in [0.4, 0.5) is 4.39 Å². The number of rotatable bonds is 2. The van der Waals surface area contributed by atoms with Crippen molar-refractivity contribution in [1.82, 2.24) is 0 Å². The van der Waals surface area contributed by atoms with Crippen LogP contribution in [0.15, 0.2) is 24.3 Å². The van der Waals surface area contributed by atoms with Gasteiger partial charge in [-0.3, -0.25) is 0 Å². The molecule has 0 aliphatic heterocycles. The largest absolute Gasteiger partial charge is 0.207 e. The minimum atomic E-state index is -0.230. The van der Waals surface area contributed by atoms with E-state index in [2.05, 4.69) is 11.8 Å². The van der Waals surface area contributed by atoms with Crippen molar-refractivity contribution in [2.75, 3.05) is 0 Å². The number of nitriles is 1. The summed E-state index contributed by atoms with van der Waals surface area (Å²) >= 11 is 0. The van der Waals surface area contributed by atoms with Crippen LogP contribution in [0.1, 0.15) is 18.4 Å². The van der Waals surface area contributed by atoms with E-state index in [4.69, 9.17) is 5.26 Å². The van der Waals surface area contributed by atoms with Gasteiger partial charge in [-0.15, -0.1) is 5.92 Å². The van der Waals surface area contributed by atoms with Crippen molar-refractivity contribution in [3.05, 3.63) is 35.6 Å². The van der Waals surface area contributed by atoms with Crippen molar-refractivity contribution < 1.29 is 4.39 Å². The molecule has 0 aliphatic carbocycles. The minimum Gasteiger partial charge on any atom is -0.207 e. The van der Waals surface area contributed by atoms with E-state index in [-0.39, 0.29) is 5.82 Å². The molecule has 0 unspecified atom stereocenters. The summed E-state index contributed by atoms with van der Waals surface area (Å²) in [5.74, 6) is 5.59. The van der Waals surface area contributed by atoms with Crippen molar-refractivity contribution >= 4 is 0 Å². The van der Waals surface area contributed by atoms with Crippen LogP contribution in [0.5, 0.6) is 0 Å². The van der Waals surface area contributed by atoms with Crippen LogP contribution in [0.3, 0.4) is 0 Å². The summed E-state index contributed by atoms with van der Waals surface area (Å²) in [5.41, 5.74) is 0.996. The Morgan fingerprint density at radius 1 is 1.07 bits per heavy atom. The summed E-state index contributed by atoms with van der Waals surface area (Å²) in [6, 6.07) is 8.30. The van der Waals surface area contributed by atoms with Crippen molar-refractivity contribution in [3.63, 3.8) is 0 Å². The maximum absolute atomic E-state index is 12.5. The van der Waals surface area contributed by atoms with Crippen molar-refractivity contribution in [1.29, 1.82) is 5.26 Å². The van der Waals surface area contributed by atoms with Gasteiger partial charge in [0.1, 0.15) is 5.82 Å². The molecule has 0 aromatic heterocycles. The fraction of sp³-hybridized carbons (Fsp3) is 0.250. The van der Waals surface area contributed by atoms with Gasteiger partial charge in [0, 0.05) is 19.3 Å². The highest BCUT2D eigenvalue weighted by atomic mass is 19.1. The molecule has 0 spiro atoms. The highest BCUT2D eigenvalue weighted by Crippen LogP contribution is 2.02. The van der Waals surface area contributed by atoms with E-state index in [0.717, 1.165) is 5.56 Å². The molecule has 1 rings (SSSR count). The molecule has 2 heteroatoms. The van der Waals surface area contributed by atoms with E-state index < -0.39 is 0 Å². The SMILES string of the molecule is N#CCCC#CCc1ccc(F)cc1. The molecule has 1 nitrogen and oxygen atoms in total. The Morgan fingerprint density at radius 2 is 1.79 bits per heavy atom. The third kappa shape index (κ3) is 3.74. The molecular weight excluding hydrogens is 177 g/mol. The van der Waals surface area contributed by atoms with Gasteiger partial charge >= 0.3 is 0 Å². The van der Waals surface area contributed by atoms with Gasteiger partial charge < -0.3 is 0 Å². The van der Waals surface area contributed by atoms with Crippen LogP contribution in [-0.4, -0.2) is 0 Å². The number of benzene rings is 1. The van der Waals surface area contributed by atoms with Gasteiger partial charge in [0.05, 0.1) is 6.07 Å². The summed E-state index contributed by atoms with van der Waals surface area (Å²) in [4.78, 5) is 0. The van der Waals surface area contributed by atoms with E-state index in [1.807, 2.05) is 6.07 Å². The summed E-state index contributed by atoms with van der Waals surface area (Å²) in [5, 5.41) is 8.25. The Labute approximate surface area is 83.2 Å². The molecule has 0 N–H and O–H groups in total. The summed E-state index contributed by atoms with van der Waals surface area (Å²) < 4.78 is 12.5. The van der Waals surface area contributed by atoms with E-state index in [0.29, 0.717) is 19.3 Å². The van der Waals surface area contributed by atoms with E-state index in [1.165, 1.54) is 12.1 Å². The Kier molecular flexibility index (Phi) is 4.24. The zero-order valence-electron chi connectivity index (χ0n) is 7.76. The molecular formula is C12H10FN. The Hall–Kier alpha value is -1.80. The monoisotopic (exact) mass is 187 g/mol. The third-order valence-corrected chi connectivity index (χ3v) is 1.69. The molecule has 0 saturated carbocycles. The summed E-state index contributed by atoms with van der Waals surface area (Å²) in [6.45, 7) is 0. The van der Waals surface area contributed by atoms with E-state index >= 15 is 0 Å². The lowest BCUT2D eigenvalue weighted by Crippen LogP contribution is -1.81. The molecule has 0 atom stereocenters. The first-order chi connectivity index (χ1) is 6.83. The maximum atomic E-state index is 12.5. The molecule has 0 fully saturated rings. The van der Waals surface area contributed by atoms with Crippen LogP contribution in [0.2, 0.25) is 0 Å². The number of unbranched alkanes of at least 4 members (excludes halogenated alkanes) is 1. The third-order valence-electron chi connectivity index (χ3n) is 1.69. The average molecular weight is 187 g/mol. The predicted molar refractivity (Wildman–Crippen MR) is 52.7 cm³/mol. The standard InChI is InChI=1S/C12H10FN/c13-12-8-6-11(7-9-12)5-3-1-2-4-10-14/h6-9H,2,4-5H2. The van der Waals surface area contributed by atoms with Crippen LogP contribution in [0.25, 0.3) is 0 Å². The Morgan fingerprint density at radius 3 is 2.43 bits per heavy atom. The summed E-state index contributed by atoms with van der Waals surface area (Å²) in [6.07, 6.45) is 1.69. The van der Waals surface area contributed by atoms with Crippen LogP contribution in [0, 0.1) is 29.0 Å². The van der Waals surface area contributed by atoms with Gasteiger partial charge in [-0.1, -0.05) is 18.1 Å². The fourth-order valence-electron chi connectivity index (χ4n) is 0.974. The van der Waals surface area contributed by atoms with Gasteiger partial charge in [-0.25, -0.2) is 4.39 Å². The highest BCUT2D eigenvalue weighted by Gasteiger charge is 1.90. The smallest absolute Gasteiger partial charge is 0.123 e. The molecule has 70 valence electrons.